The highest BCUT2D eigenvalue weighted by Crippen LogP contribution is 2.52. The lowest BCUT2D eigenvalue weighted by molar-refractivity contribution is -0.200. The van der Waals surface area contributed by atoms with E-state index in [1.54, 1.807) is 0 Å². The van der Waals surface area contributed by atoms with Crippen molar-refractivity contribution in [3.63, 3.8) is 0 Å². The van der Waals surface area contributed by atoms with Gasteiger partial charge in [-0.25, -0.2) is 0 Å². The molecule has 1 aromatic rings. The highest BCUT2D eigenvalue weighted by atomic mass is 32.2. The van der Waals surface area contributed by atoms with Crippen LogP contribution in [0.3, 0.4) is 0 Å². The van der Waals surface area contributed by atoms with E-state index in [2.05, 4.69) is 0 Å². The van der Waals surface area contributed by atoms with Crippen LogP contribution < -0.4 is 0 Å². The van der Waals surface area contributed by atoms with Crippen molar-refractivity contribution in [1.82, 2.24) is 0 Å². The summed E-state index contributed by atoms with van der Waals surface area (Å²) in [7, 11) is 1.34. The lowest BCUT2D eigenvalue weighted by Gasteiger charge is -2.33. The predicted molar refractivity (Wildman–Crippen MR) is 102 cm³/mol. The molecule has 0 bridgehead atoms. The van der Waals surface area contributed by atoms with E-state index in [1.165, 1.54) is 25.8 Å². The topological polar surface area (TPSA) is 80.3 Å². The molecule has 0 aromatic heterocycles. The van der Waals surface area contributed by atoms with Crippen molar-refractivity contribution in [1.29, 1.82) is 0 Å². The van der Waals surface area contributed by atoms with Gasteiger partial charge in [-0.05, 0) is 19.4 Å². The van der Waals surface area contributed by atoms with Gasteiger partial charge < -0.3 is 23.7 Å². The molecule has 7 nitrogen and oxygen atoms in total. The summed E-state index contributed by atoms with van der Waals surface area (Å²) in [6, 6.07) is 9.90. The number of rotatable bonds is 7. The fourth-order valence-corrected chi connectivity index (χ4v) is 4.84. The zero-order chi connectivity index (χ0) is 20.4. The summed E-state index contributed by atoms with van der Waals surface area (Å²) < 4.78 is 28.5. The first-order valence-corrected chi connectivity index (χ1v) is 10.1. The monoisotopic (exact) mass is 410 g/mol. The molecule has 2 saturated heterocycles. The molecule has 0 unspecified atom stereocenters. The van der Waals surface area contributed by atoms with Gasteiger partial charge in [-0.15, -0.1) is 11.8 Å². The number of hydrogen-bond acceptors (Lipinski definition) is 8. The number of esters is 2. The summed E-state index contributed by atoms with van der Waals surface area (Å²) in [5.74, 6) is -1.02. The van der Waals surface area contributed by atoms with Crippen LogP contribution in [0.1, 0.15) is 32.8 Å². The van der Waals surface area contributed by atoms with Crippen LogP contribution in [0.25, 0.3) is 0 Å². The molecule has 154 valence electrons. The first kappa shape index (κ1) is 21.1. The molecule has 2 aliphatic rings. The zero-order valence-electron chi connectivity index (χ0n) is 16.5. The standard InChI is InChI=1S/C20H26O7S/c1-13(21)24-11-15-17-18(27-19(2,3)26-17)20(25-15,10-16(22)23-4)28-12-14-8-6-5-7-9-14/h5-9,15,17-18H,10-12H2,1-4H3/t15-,17-,18-,20+/m1/s1. The van der Waals surface area contributed by atoms with Gasteiger partial charge in [-0.2, -0.15) is 0 Å². The molecule has 2 heterocycles. The van der Waals surface area contributed by atoms with Crippen LogP contribution in [0.5, 0.6) is 0 Å². The Morgan fingerprint density at radius 1 is 1.14 bits per heavy atom. The molecular weight excluding hydrogens is 384 g/mol. The average molecular weight is 410 g/mol. The molecule has 1 aromatic carbocycles. The lowest BCUT2D eigenvalue weighted by Crippen LogP contribution is -2.42. The summed E-state index contributed by atoms with van der Waals surface area (Å²) in [6.07, 6.45) is -1.50. The van der Waals surface area contributed by atoms with Crippen molar-refractivity contribution < 1.29 is 33.3 Å². The van der Waals surface area contributed by atoms with Crippen molar-refractivity contribution in [3.8, 4) is 0 Å². The molecule has 28 heavy (non-hydrogen) atoms. The fraction of sp³-hybridized carbons (Fsp3) is 0.600. The van der Waals surface area contributed by atoms with E-state index in [4.69, 9.17) is 23.7 Å². The summed E-state index contributed by atoms with van der Waals surface area (Å²) in [4.78, 5) is 22.5. The Balaban J connectivity index is 1.86. The van der Waals surface area contributed by atoms with E-state index in [0.717, 1.165) is 5.56 Å². The fourth-order valence-electron chi connectivity index (χ4n) is 3.48. The van der Waals surface area contributed by atoms with Gasteiger partial charge in [0.05, 0.1) is 13.5 Å². The Morgan fingerprint density at radius 2 is 1.86 bits per heavy atom. The van der Waals surface area contributed by atoms with Gasteiger partial charge in [0.15, 0.2) is 10.7 Å². The number of thioether (sulfide) groups is 1. The highest BCUT2D eigenvalue weighted by Gasteiger charge is 2.64. The Hall–Kier alpha value is -1.61. The number of methoxy groups -OCH3 is 1. The maximum absolute atomic E-state index is 12.2. The predicted octanol–water partition coefficient (Wildman–Crippen LogP) is 2.66. The Bertz CT molecular complexity index is 708. The number of benzene rings is 1. The second kappa shape index (κ2) is 8.41. The highest BCUT2D eigenvalue weighted by molar-refractivity contribution is 7.99. The lowest BCUT2D eigenvalue weighted by atomic mass is 10.1. The van der Waals surface area contributed by atoms with Crippen LogP contribution in [0.2, 0.25) is 0 Å². The number of hydrogen-bond donors (Lipinski definition) is 0. The minimum atomic E-state index is -1.01. The van der Waals surface area contributed by atoms with E-state index in [1.807, 2.05) is 44.2 Å². The largest absolute Gasteiger partial charge is 0.469 e. The van der Waals surface area contributed by atoms with Gasteiger partial charge >= 0.3 is 11.9 Å². The molecule has 0 saturated carbocycles. The molecule has 2 aliphatic heterocycles. The Kier molecular flexibility index (Phi) is 6.34. The maximum Gasteiger partial charge on any atom is 0.309 e. The minimum Gasteiger partial charge on any atom is -0.469 e. The van der Waals surface area contributed by atoms with Gasteiger partial charge in [0.25, 0.3) is 0 Å². The van der Waals surface area contributed by atoms with Crippen LogP contribution in [0.15, 0.2) is 30.3 Å². The van der Waals surface area contributed by atoms with Gasteiger partial charge in [-0.3, -0.25) is 9.59 Å². The molecule has 0 N–H and O–H groups in total. The first-order valence-electron chi connectivity index (χ1n) is 9.16. The van der Waals surface area contributed by atoms with E-state index < -0.39 is 41.0 Å². The van der Waals surface area contributed by atoms with Crippen molar-refractivity contribution in [2.45, 2.75) is 62.0 Å². The molecule has 0 radical (unpaired) electrons. The zero-order valence-corrected chi connectivity index (χ0v) is 17.3. The van der Waals surface area contributed by atoms with Gasteiger partial charge in [0, 0.05) is 12.7 Å². The normalized spacial score (nSPS) is 30.6. The number of ether oxygens (including phenoxy) is 5. The molecule has 4 atom stereocenters. The summed E-state index contributed by atoms with van der Waals surface area (Å²) in [6.45, 7) is 5.01. The second-order valence-electron chi connectivity index (χ2n) is 7.32. The molecule has 0 aliphatic carbocycles. The third-order valence-corrected chi connectivity index (χ3v) is 6.11. The van der Waals surface area contributed by atoms with E-state index in [0.29, 0.717) is 5.75 Å². The van der Waals surface area contributed by atoms with Crippen LogP contribution in [0, 0.1) is 0 Å². The third kappa shape index (κ3) is 4.68. The summed E-state index contributed by atoms with van der Waals surface area (Å²) in [5, 5.41) is 0. The Morgan fingerprint density at radius 3 is 2.50 bits per heavy atom. The van der Waals surface area contributed by atoms with Crippen molar-refractivity contribution in [3.05, 3.63) is 35.9 Å². The van der Waals surface area contributed by atoms with Gasteiger partial charge in [0.1, 0.15) is 24.9 Å². The van der Waals surface area contributed by atoms with Crippen molar-refractivity contribution >= 4 is 23.7 Å². The molecule has 0 spiro atoms. The molecule has 8 heteroatoms. The molecular formula is C20H26O7S. The summed E-state index contributed by atoms with van der Waals surface area (Å²) >= 11 is 1.47. The third-order valence-electron chi connectivity index (χ3n) is 4.68. The van der Waals surface area contributed by atoms with Crippen LogP contribution >= 0.6 is 11.8 Å². The van der Waals surface area contributed by atoms with E-state index in [-0.39, 0.29) is 13.0 Å². The van der Waals surface area contributed by atoms with Crippen LogP contribution in [-0.2, 0) is 39.0 Å². The molecule has 0 amide bonds. The average Bonchev–Trinajstić information content (AvgIpc) is 3.11. The number of carbonyl (C=O) groups excluding carboxylic acids is 2. The number of fused-ring (bicyclic) bond motifs is 1. The van der Waals surface area contributed by atoms with Gasteiger partial charge in [0.2, 0.25) is 0 Å². The Labute approximate surface area is 169 Å². The quantitative estimate of drug-likeness (QED) is 0.635. The second-order valence-corrected chi connectivity index (χ2v) is 8.59. The van der Waals surface area contributed by atoms with Crippen molar-refractivity contribution in [2.24, 2.45) is 0 Å². The van der Waals surface area contributed by atoms with E-state index in [9.17, 15) is 9.59 Å². The summed E-state index contributed by atoms with van der Waals surface area (Å²) in [5.41, 5.74) is 1.10. The maximum atomic E-state index is 12.2. The molecule has 2 fully saturated rings. The SMILES string of the molecule is COC(=O)C[C@@]1(SCc2ccccc2)O[C@H](COC(C)=O)[C@H]2OC(C)(C)O[C@H]21. The molecule has 3 rings (SSSR count). The van der Waals surface area contributed by atoms with Crippen molar-refractivity contribution in [2.75, 3.05) is 13.7 Å². The minimum absolute atomic E-state index is 0.00181. The first-order chi connectivity index (χ1) is 13.2. The van der Waals surface area contributed by atoms with Crippen LogP contribution in [0.4, 0.5) is 0 Å². The smallest absolute Gasteiger partial charge is 0.309 e. The number of carbonyl (C=O) groups is 2. The van der Waals surface area contributed by atoms with E-state index >= 15 is 0 Å². The van der Waals surface area contributed by atoms with Crippen LogP contribution in [-0.4, -0.2) is 54.7 Å². The van der Waals surface area contributed by atoms with Gasteiger partial charge in [-0.1, -0.05) is 30.3 Å².